The lowest BCUT2D eigenvalue weighted by molar-refractivity contribution is -0.139. The number of carbonyl (C=O) groups excluding carboxylic acids is 1. The number of hydrogen-bond donors (Lipinski definition) is 1. The zero-order chi connectivity index (χ0) is 28.5. The Kier molecular flexibility index (Phi) is 6.15. The number of carboxylic acids is 1. The molecule has 1 amide bonds. The Morgan fingerprint density at radius 1 is 1.17 bits per heavy atom. The lowest BCUT2D eigenvalue weighted by atomic mass is 9.86. The molecule has 1 N–H and O–H groups in total. The van der Waals surface area contributed by atoms with Crippen molar-refractivity contribution in [2.75, 3.05) is 24.5 Å². The van der Waals surface area contributed by atoms with Crippen LogP contribution >= 0.6 is 11.3 Å². The Morgan fingerprint density at radius 2 is 2.00 bits per heavy atom. The minimum atomic E-state index is -0.811. The maximum absolute atomic E-state index is 15.5. The van der Waals surface area contributed by atoms with E-state index in [-0.39, 0.29) is 23.8 Å². The minimum absolute atomic E-state index is 0.00872. The highest BCUT2D eigenvalue weighted by molar-refractivity contribution is 7.10. The maximum Gasteiger partial charge on any atom is 0.303 e. The van der Waals surface area contributed by atoms with Crippen molar-refractivity contribution in [1.29, 1.82) is 0 Å². The van der Waals surface area contributed by atoms with Crippen LogP contribution in [0.1, 0.15) is 78.1 Å². The summed E-state index contributed by atoms with van der Waals surface area (Å²) in [5, 5.41) is 16.1. The molecule has 3 aromatic heterocycles. The molecule has 5 heterocycles. The van der Waals surface area contributed by atoms with E-state index in [2.05, 4.69) is 18.4 Å². The highest BCUT2D eigenvalue weighted by Crippen LogP contribution is 2.42. The van der Waals surface area contributed by atoms with E-state index in [0.717, 1.165) is 37.1 Å². The van der Waals surface area contributed by atoms with Crippen LogP contribution in [-0.2, 0) is 11.2 Å². The molecule has 0 radical (unpaired) electrons. The molecule has 0 unspecified atom stereocenters. The first-order chi connectivity index (χ1) is 19.7. The number of aliphatic carboxylic acids is 1. The number of nitrogens with zero attached hydrogens (tertiary/aromatic N) is 5. The third-order valence-corrected chi connectivity index (χ3v) is 9.93. The van der Waals surface area contributed by atoms with Crippen molar-refractivity contribution in [3.05, 3.63) is 69.4 Å². The molecule has 1 saturated carbocycles. The Labute approximate surface area is 241 Å². The number of benzene rings is 1. The molecule has 2 fully saturated rings. The Balaban J connectivity index is 1.19. The summed E-state index contributed by atoms with van der Waals surface area (Å²) >= 11 is 1.75. The summed E-state index contributed by atoms with van der Waals surface area (Å²) in [7, 11) is 0. The Bertz CT molecular complexity index is 1690. The molecule has 41 heavy (non-hydrogen) atoms. The smallest absolute Gasteiger partial charge is 0.303 e. The second-order valence-electron chi connectivity index (χ2n) is 12.1. The van der Waals surface area contributed by atoms with Crippen LogP contribution in [0.2, 0.25) is 0 Å². The number of amides is 1. The average Bonchev–Trinajstić information content (AvgIpc) is 3.31. The van der Waals surface area contributed by atoms with Gasteiger partial charge in [-0.05, 0) is 79.3 Å². The lowest BCUT2D eigenvalue weighted by Crippen LogP contribution is -2.38. The first-order valence-electron chi connectivity index (χ1n) is 14.2. The largest absolute Gasteiger partial charge is 0.481 e. The van der Waals surface area contributed by atoms with Gasteiger partial charge in [-0.15, -0.1) is 11.3 Å². The quantitative estimate of drug-likeness (QED) is 0.308. The van der Waals surface area contributed by atoms with Crippen molar-refractivity contribution in [2.24, 2.45) is 5.41 Å². The number of anilines is 1. The average molecular weight is 574 g/mol. The highest BCUT2D eigenvalue weighted by Gasteiger charge is 2.36. The summed E-state index contributed by atoms with van der Waals surface area (Å²) in [6, 6.07) is 10.8. The molecule has 3 aliphatic rings. The fourth-order valence-electron chi connectivity index (χ4n) is 6.50. The standard InChI is InChI=1S/C31H32FN5O3S/c1-18-21-8-12-41-27(21)7-10-36(18)30(40)25-14-26(19-3-4-19)37-28(33-25)15-24(34-37)22-6-5-20(13-23(22)32)35-11-9-31(2,17-35)16-29(38)39/h5-6,8,12-15,18-19H,3-4,7,9-11,16-17H2,1-2H3,(H,38,39)/t18-,31+/m1/s1. The number of thiophene rings is 1. The highest BCUT2D eigenvalue weighted by atomic mass is 32.1. The van der Waals surface area contributed by atoms with E-state index in [9.17, 15) is 14.7 Å². The molecule has 8 nitrogen and oxygen atoms in total. The van der Waals surface area contributed by atoms with Crippen LogP contribution in [0, 0.1) is 11.2 Å². The second-order valence-corrected chi connectivity index (χ2v) is 13.1. The molecule has 0 spiro atoms. The number of aromatic nitrogens is 3. The van der Waals surface area contributed by atoms with Crippen LogP contribution in [0.4, 0.5) is 10.1 Å². The van der Waals surface area contributed by atoms with Crippen molar-refractivity contribution in [3.8, 4) is 11.3 Å². The zero-order valence-electron chi connectivity index (χ0n) is 23.1. The van der Waals surface area contributed by atoms with Gasteiger partial charge in [0, 0.05) is 53.4 Å². The van der Waals surface area contributed by atoms with Gasteiger partial charge in [-0.1, -0.05) is 6.92 Å². The maximum atomic E-state index is 15.5. The molecule has 0 bridgehead atoms. The van der Waals surface area contributed by atoms with E-state index in [1.54, 1.807) is 28.0 Å². The fourth-order valence-corrected chi connectivity index (χ4v) is 7.47. The second kappa shape index (κ2) is 9.65. The lowest BCUT2D eigenvalue weighted by Gasteiger charge is -2.33. The summed E-state index contributed by atoms with van der Waals surface area (Å²) in [6.07, 6.45) is 3.75. The Hall–Kier alpha value is -3.79. The number of carbonyl (C=O) groups is 2. The predicted octanol–water partition coefficient (Wildman–Crippen LogP) is 5.92. The van der Waals surface area contributed by atoms with Crippen LogP contribution < -0.4 is 4.90 Å². The van der Waals surface area contributed by atoms with Gasteiger partial charge in [0.1, 0.15) is 11.5 Å². The van der Waals surface area contributed by atoms with Crippen molar-refractivity contribution < 1.29 is 19.1 Å². The molecule has 2 atom stereocenters. The van der Waals surface area contributed by atoms with E-state index in [1.165, 1.54) is 16.5 Å². The van der Waals surface area contributed by atoms with Gasteiger partial charge in [-0.2, -0.15) is 5.10 Å². The first-order valence-corrected chi connectivity index (χ1v) is 15.1. The van der Waals surface area contributed by atoms with Gasteiger partial charge in [0.15, 0.2) is 5.65 Å². The summed E-state index contributed by atoms with van der Waals surface area (Å²) < 4.78 is 17.3. The summed E-state index contributed by atoms with van der Waals surface area (Å²) in [6.45, 7) is 5.96. The van der Waals surface area contributed by atoms with E-state index in [1.807, 2.05) is 28.9 Å². The number of halogens is 1. The van der Waals surface area contributed by atoms with E-state index in [4.69, 9.17) is 10.1 Å². The topological polar surface area (TPSA) is 91.0 Å². The normalized spacial score (nSPS) is 22.4. The van der Waals surface area contributed by atoms with Gasteiger partial charge >= 0.3 is 5.97 Å². The molecule has 4 aromatic rings. The number of fused-ring (bicyclic) bond motifs is 2. The minimum Gasteiger partial charge on any atom is -0.481 e. The molecule has 1 aromatic carbocycles. The van der Waals surface area contributed by atoms with Gasteiger partial charge in [0.25, 0.3) is 5.91 Å². The molecule has 1 aliphatic carbocycles. The molecule has 1 saturated heterocycles. The van der Waals surface area contributed by atoms with Crippen LogP contribution in [-0.4, -0.2) is 56.1 Å². The van der Waals surface area contributed by atoms with Gasteiger partial charge in [-0.25, -0.2) is 13.9 Å². The van der Waals surface area contributed by atoms with E-state index < -0.39 is 11.8 Å². The molecule has 10 heteroatoms. The molecule has 212 valence electrons. The third-order valence-electron chi connectivity index (χ3n) is 8.94. The monoisotopic (exact) mass is 573 g/mol. The SMILES string of the molecule is C[C@@H]1c2ccsc2CCN1C(=O)c1cc(C2CC2)n2nc(-c3ccc(N4CC[C@@](C)(CC(=O)O)C4)cc3F)cc2n1. The van der Waals surface area contributed by atoms with Gasteiger partial charge < -0.3 is 14.9 Å². The van der Waals surface area contributed by atoms with E-state index in [0.29, 0.717) is 48.2 Å². The van der Waals surface area contributed by atoms with Gasteiger partial charge in [-0.3, -0.25) is 9.59 Å². The van der Waals surface area contributed by atoms with Crippen molar-refractivity contribution in [3.63, 3.8) is 0 Å². The zero-order valence-corrected chi connectivity index (χ0v) is 24.0. The van der Waals surface area contributed by atoms with Gasteiger partial charge in [0.05, 0.1) is 18.2 Å². The fraction of sp³-hybridized carbons (Fsp3) is 0.419. The van der Waals surface area contributed by atoms with Crippen molar-refractivity contribution in [1.82, 2.24) is 19.5 Å². The van der Waals surface area contributed by atoms with Crippen LogP contribution in [0.3, 0.4) is 0 Å². The molecule has 2 aliphatic heterocycles. The first kappa shape index (κ1) is 26.1. The molecule has 7 rings (SSSR count). The summed E-state index contributed by atoms with van der Waals surface area (Å²) in [5.41, 5.74) is 4.35. The number of hydrogen-bond acceptors (Lipinski definition) is 6. The van der Waals surface area contributed by atoms with Crippen molar-refractivity contribution >= 4 is 34.5 Å². The summed E-state index contributed by atoms with van der Waals surface area (Å²) in [5.74, 6) is -0.980. The molecular formula is C31H32FN5O3S. The number of rotatable bonds is 6. The van der Waals surface area contributed by atoms with Crippen LogP contribution in [0.15, 0.2) is 41.8 Å². The van der Waals surface area contributed by atoms with Crippen LogP contribution in [0.5, 0.6) is 0 Å². The summed E-state index contributed by atoms with van der Waals surface area (Å²) in [4.78, 5) is 35.0. The third kappa shape index (κ3) is 4.67. The van der Waals surface area contributed by atoms with Gasteiger partial charge in [0.2, 0.25) is 0 Å². The molecular weight excluding hydrogens is 541 g/mol. The predicted molar refractivity (Wildman–Crippen MR) is 155 cm³/mol. The van der Waals surface area contributed by atoms with Crippen LogP contribution in [0.25, 0.3) is 16.9 Å². The van der Waals surface area contributed by atoms with Crippen molar-refractivity contribution in [2.45, 2.75) is 57.9 Å². The Morgan fingerprint density at radius 3 is 2.76 bits per heavy atom. The number of carboxylic acid groups (broad SMARTS) is 1. The van der Waals surface area contributed by atoms with E-state index >= 15 is 4.39 Å².